The van der Waals surface area contributed by atoms with Gasteiger partial charge in [0.05, 0.1) is 18.3 Å². The fourth-order valence-corrected chi connectivity index (χ4v) is 3.17. The van der Waals surface area contributed by atoms with Crippen molar-refractivity contribution in [2.75, 3.05) is 7.11 Å². The van der Waals surface area contributed by atoms with Gasteiger partial charge in [-0.25, -0.2) is 4.98 Å². The van der Waals surface area contributed by atoms with Gasteiger partial charge >= 0.3 is 0 Å². The van der Waals surface area contributed by atoms with Crippen molar-refractivity contribution in [3.8, 4) is 17.0 Å². The number of aryl methyl sites for hydroxylation is 3. The van der Waals surface area contributed by atoms with E-state index in [1.807, 2.05) is 6.07 Å². The van der Waals surface area contributed by atoms with Crippen LogP contribution < -0.4 is 4.74 Å². The van der Waals surface area contributed by atoms with Crippen molar-refractivity contribution < 1.29 is 4.74 Å². The van der Waals surface area contributed by atoms with E-state index in [4.69, 9.17) is 9.72 Å². The van der Waals surface area contributed by atoms with Crippen molar-refractivity contribution in [2.24, 2.45) is 0 Å². The summed E-state index contributed by atoms with van der Waals surface area (Å²) < 4.78 is 5.33. The molecule has 3 aromatic rings. The van der Waals surface area contributed by atoms with Gasteiger partial charge in [-0.2, -0.15) is 0 Å². The predicted octanol–water partition coefficient (Wildman–Crippen LogP) is 4.32. The van der Waals surface area contributed by atoms with Gasteiger partial charge in [0, 0.05) is 10.9 Å². The second kappa shape index (κ2) is 4.59. The number of fused-ring (bicyclic) bond motifs is 4. The lowest BCUT2D eigenvalue weighted by atomic mass is 9.88. The largest absolute Gasteiger partial charge is 0.497 e. The third kappa shape index (κ3) is 1.99. The van der Waals surface area contributed by atoms with Gasteiger partial charge in [0.15, 0.2) is 0 Å². The molecule has 2 aromatic carbocycles. The number of ether oxygens (including phenoxy) is 1. The molecular formula is C19H17NO. The lowest BCUT2D eigenvalue weighted by Gasteiger charge is -2.20. The van der Waals surface area contributed by atoms with E-state index in [0.29, 0.717) is 0 Å². The van der Waals surface area contributed by atoms with Crippen molar-refractivity contribution in [3.63, 3.8) is 0 Å². The van der Waals surface area contributed by atoms with Crippen molar-refractivity contribution in [1.82, 2.24) is 4.98 Å². The Hall–Kier alpha value is -2.35. The van der Waals surface area contributed by atoms with E-state index in [1.165, 1.54) is 27.6 Å². The van der Waals surface area contributed by atoms with Crippen LogP contribution in [0.4, 0.5) is 0 Å². The van der Waals surface area contributed by atoms with Crippen LogP contribution in [0.15, 0.2) is 42.5 Å². The zero-order valence-corrected chi connectivity index (χ0v) is 12.3. The van der Waals surface area contributed by atoms with E-state index in [-0.39, 0.29) is 0 Å². The monoisotopic (exact) mass is 275 g/mol. The number of aromatic nitrogens is 1. The van der Waals surface area contributed by atoms with Crippen LogP contribution in [-0.2, 0) is 12.8 Å². The third-order valence-electron chi connectivity index (χ3n) is 4.28. The molecule has 104 valence electrons. The molecule has 0 bridgehead atoms. The Bertz CT molecular complexity index is 852. The average Bonchev–Trinajstić information content (AvgIpc) is 2.52. The molecule has 1 heterocycles. The lowest BCUT2D eigenvalue weighted by molar-refractivity contribution is 0.414. The summed E-state index contributed by atoms with van der Waals surface area (Å²) in [7, 11) is 1.71. The minimum Gasteiger partial charge on any atom is -0.497 e. The highest BCUT2D eigenvalue weighted by Crippen LogP contribution is 2.35. The normalized spacial score (nSPS) is 12.9. The van der Waals surface area contributed by atoms with Gasteiger partial charge in [0.25, 0.3) is 0 Å². The molecule has 0 spiro atoms. The van der Waals surface area contributed by atoms with E-state index >= 15 is 0 Å². The van der Waals surface area contributed by atoms with Crippen molar-refractivity contribution in [1.29, 1.82) is 0 Å². The van der Waals surface area contributed by atoms with Crippen LogP contribution in [0, 0.1) is 6.92 Å². The molecule has 21 heavy (non-hydrogen) atoms. The van der Waals surface area contributed by atoms with Crippen LogP contribution >= 0.6 is 0 Å². The van der Waals surface area contributed by atoms with E-state index in [2.05, 4.69) is 43.3 Å². The van der Waals surface area contributed by atoms with Gasteiger partial charge in [-0.05, 0) is 67.3 Å². The van der Waals surface area contributed by atoms with Crippen molar-refractivity contribution in [2.45, 2.75) is 19.8 Å². The summed E-state index contributed by atoms with van der Waals surface area (Å²) >= 11 is 0. The first-order chi connectivity index (χ1) is 10.2. The van der Waals surface area contributed by atoms with Crippen LogP contribution in [0.5, 0.6) is 5.75 Å². The van der Waals surface area contributed by atoms with Crippen LogP contribution in [-0.4, -0.2) is 12.1 Å². The quantitative estimate of drug-likeness (QED) is 0.660. The molecule has 0 saturated carbocycles. The number of hydrogen-bond donors (Lipinski definition) is 0. The van der Waals surface area contributed by atoms with E-state index in [1.54, 1.807) is 7.11 Å². The van der Waals surface area contributed by atoms with E-state index < -0.39 is 0 Å². The van der Waals surface area contributed by atoms with Gasteiger partial charge in [-0.1, -0.05) is 11.6 Å². The van der Waals surface area contributed by atoms with Gasteiger partial charge < -0.3 is 4.74 Å². The molecule has 2 nitrogen and oxygen atoms in total. The van der Waals surface area contributed by atoms with Gasteiger partial charge in [0.1, 0.15) is 5.75 Å². The standard InChI is InChI=1S/C19H17NO/c1-12-3-8-18-15(9-12)10-14-5-4-13-11-16(21-2)6-7-17(13)19(14)20-18/h3,6-11H,4-5H2,1-2H3. The highest BCUT2D eigenvalue weighted by Gasteiger charge is 2.18. The number of hydrogen-bond acceptors (Lipinski definition) is 2. The summed E-state index contributed by atoms with van der Waals surface area (Å²) in [5, 5.41) is 1.24. The number of methoxy groups -OCH3 is 1. The zero-order valence-electron chi connectivity index (χ0n) is 12.3. The van der Waals surface area contributed by atoms with Crippen LogP contribution in [0.2, 0.25) is 0 Å². The molecular weight excluding hydrogens is 258 g/mol. The first-order valence-corrected chi connectivity index (χ1v) is 7.32. The summed E-state index contributed by atoms with van der Waals surface area (Å²) in [6, 6.07) is 15.1. The minimum absolute atomic E-state index is 0.925. The third-order valence-corrected chi connectivity index (χ3v) is 4.28. The summed E-state index contributed by atoms with van der Waals surface area (Å²) in [5.74, 6) is 0.925. The average molecular weight is 275 g/mol. The molecule has 0 atom stereocenters. The second-order valence-corrected chi connectivity index (χ2v) is 5.72. The molecule has 0 aliphatic heterocycles. The first kappa shape index (κ1) is 12.4. The number of nitrogens with zero attached hydrogens (tertiary/aromatic N) is 1. The highest BCUT2D eigenvalue weighted by molar-refractivity contribution is 5.85. The Morgan fingerprint density at radius 1 is 0.952 bits per heavy atom. The highest BCUT2D eigenvalue weighted by atomic mass is 16.5. The maximum absolute atomic E-state index is 5.33. The molecule has 1 aliphatic carbocycles. The van der Waals surface area contributed by atoms with Gasteiger partial charge in [-0.15, -0.1) is 0 Å². The summed E-state index contributed by atoms with van der Waals surface area (Å²) in [6.07, 6.45) is 2.10. The number of rotatable bonds is 1. The maximum atomic E-state index is 5.33. The number of pyridine rings is 1. The summed E-state index contributed by atoms with van der Waals surface area (Å²) in [4.78, 5) is 4.91. The Morgan fingerprint density at radius 3 is 2.67 bits per heavy atom. The first-order valence-electron chi connectivity index (χ1n) is 7.32. The Balaban J connectivity index is 1.95. The van der Waals surface area contributed by atoms with E-state index in [0.717, 1.165) is 29.8 Å². The van der Waals surface area contributed by atoms with Crippen LogP contribution in [0.3, 0.4) is 0 Å². The van der Waals surface area contributed by atoms with Crippen LogP contribution in [0.1, 0.15) is 16.7 Å². The molecule has 0 unspecified atom stereocenters. The predicted molar refractivity (Wildman–Crippen MR) is 85.9 cm³/mol. The molecule has 2 heteroatoms. The molecule has 0 fully saturated rings. The fraction of sp³-hybridized carbons (Fsp3) is 0.211. The fourth-order valence-electron chi connectivity index (χ4n) is 3.17. The Labute approximate surface area is 124 Å². The van der Waals surface area contributed by atoms with Crippen molar-refractivity contribution >= 4 is 10.9 Å². The summed E-state index contributed by atoms with van der Waals surface area (Å²) in [6.45, 7) is 2.13. The SMILES string of the molecule is COc1ccc2c(c1)CCc1cc3cc(C)ccc3nc1-2. The maximum Gasteiger partial charge on any atom is 0.119 e. The zero-order chi connectivity index (χ0) is 14.4. The molecule has 1 aromatic heterocycles. The van der Waals surface area contributed by atoms with Gasteiger partial charge in [0.2, 0.25) is 0 Å². The minimum atomic E-state index is 0.925. The Morgan fingerprint density at radius 2 is 1.81 bits per heavy atom. The van der Waals surface area contributed by atoms with Crippen LogP contribution in [0.25, 0.3) is 22.2 Å². The smallest absolute Gasteiger partial charge is 0.119 e. The second-order valence-electron chi connectivity index (χ2n) is 5.72. The van der Waals surface area contributed by atoms with E-state index in [9.17, 15) is 0 Å². The molecule has 0 amide bonds. The molecule has 1 aliphatic rings. The topological polar surface area (TPSA) is 22.1 Å². The summed E-state index contributed by atoms with van der Waals surface area (Å²) in [5.41, 5.74) is 7.43. The van der Waals surface area contributed by atoms with Gasteiger partial charge in [-0.3, -0.25) is 0 Å². The number of benzene rings is 2. The molecule has 0 radical (unpaired) electrons. The molecule has 0 N–H and O–H groups in total. The lowest BCUT2D eigenvalue weighted by Crippen LogP contribution is -2.06. The molecule has 4 rings (SSSR count). The van der Waals surface area contributed by atoms with Crippen molar-refractivity contribution in [3.05, 3.63) is 59.2 Å². The Kier molecular flexibility index (Phi) is 2.71. The molecule has 0 saturated heterocycles.